The lowest BCUT2D eigenvalue weighted by Crippen LogP contribution is -2.28. The van der Waals surface area contributed by atoms with Gasteiger partial charge in [0, 0.05) is 18.9 Å². The summed E-state index contributed by atoms with van der Waals surface area (Å²) in [7, 11) is 1.60. The number of hydrogen-bond acceptors (Lipinski definition) is 3. The zero-order chi connectivity index (χ0) is 14.4. The largest absolute Gasteiger partial charge is 0.458 e. The molecule has 1 aromatic carbocycles. The second kappa shape index (κ2) is 6.91. The molecule has 2 aromatic rings. The number of amides is 1. The number of rotatable bonds is 7. The number of nitrogens with one attached hydrogen (secondary N) is 1. The highest BCUT2D eigenvalue weighted by atomic mass is 16.5. The van der Waals surface area contributed by atoms with Crippen molar-refractivity contribution < 1.29 is 13.9 Å². The van der Waals surface area contributed by atoms with Gasteiger partial charge in [-0.05, 0) is 18.6 Å². The van der Waals surface area contributed by atoms with E-state index in [1.165, 1.54) is 0 Å². The van der Waals surface area contributed by atoms with Gasteiger partial charge in [0.25, 0.3) is 0 Å². The Labute approximate surface area is 118 Å². The number of ether oxygens (including phenoxy) is 1. The molecule has 0 aliphatic carbocycles. The molecular weight excluding hydrogens is 254 g/mol. The predicted molar refractivity (Wildman–Crippen MR) is 78.4 cm³/mol. The highest BCUT2D eigenvalue weighted by molar-refractivity contribution is 5.78. The molecule has 20 heavy (non-hydrogen) atoms. The van der Waals surface area contributed by atoms with Gasteiger partial charge in [-0.3, -0.25) is 4.79 Å². The van der Waals surface area contributed by atoms with Crippen molar-refractivity contribution in [1.82, 2.24) is 5.32 Å². The lowest BCUT2D eigenvalue weighted by Gasteiger charge is -2.13. The van der Waals surface area contributed by atoms with Crippen molar-refractivity contribution in [3.8, 4) is 0 Å². The van der Waals surface area contributed by atoms with E-state index >= 15 is 0 Å². The molecular formula is C16H19NO3. The van der Waals surface area contributed by atoms with E-state index < -0.39 is 0 Å². The standard InChI is InChI=1S/C16H19NO3/c1-3-4-9-16(18)17-11-15(19-2)14-10-12-7-5-6-8-13(12)20-14/h3,5-8,10,15H,1,4,9,11H2,2H3,(H,17,18). The summed E-state index contributed by atoms with van der Waals surface area (Å²) < 4.78 is 11.1. The van der Waals surface area contributed by atoms with Crippen molar-refractivity contribution in [1.29, 1.82) is 0 Å². The predicted octanol–water partition coefficient (Wildman–Crippen LogP) is 3.20. The fourth-order valence-electron chi connectivity index (χ4n) is 1.99. The van der Waals surface area contributed by atoms with Crippen LogP contribution >= 0.6 is 0 Å². The fraction of sp³-hybridized carbons (Fsp3) is 0.312. The number of furan rings is 1. The molecule has 0 saturated carbocycles. The van der Waals surface area contributed by atoms with E-state index in [1.807, 2.05) is 30.3 Å². The van der Waals surface area contributed by atoms with Crippen LogP contribution in [-0.2, 0) is 9.53 Å². The maximum Gasteiger partial charge on any atom is 0.220 e. The Morgan fingerprint density at radius 2 is 2.30 bits per heavy atom. The quantitative estimate of drug-likeness (QED) is 0.788. The first-order valence-corrected chi connectivity index (χ1v) is 6.63. The number of para-hydroxylation sites is 1. The van der Waals surface area contributed by atoms with Crippen molar-refractivity contribution in [3.63, 3.8) is 0 Å². The molecule has 4 nitrogen and oxygen atoms in total. The zero-order valence-corrected chi connectivity index (χ0v) is 11.6. The third-order valence-corrected chi connectivity index (χ3v) is 3.11. The number of carbonyl (C=O) groups excluding carboxylic acids is 1. The van der Waals surface area contributed by atoms with E-state index in [2.05, 4.69) is 11.9 Å². The summed E-state index contributed by atoms with van der Waals surface area (Å²) in [5.74, 6) is 0.709. The monoisotopic (exact) mass is 273 g/mol. The minimum Gasteiger partial charge on any atom is -0.458 e. The molecule has 106 valence electrons. The Bertz CT molecular complexity index is 555. The van der Waals surface area contributed by atoms with E-state index in [-0.39, 0.29) is 12.0 Å². The van der Waals surface area contributed by atoms with Gasteiger partial charge in [-0.15, -0.1) is 6.58 Å². The Balaban J connectivity index is 2.00. The SMILES string of the molecule is C=CCCC(=O)NCC(OC)c1cc2ccccc2o1. The van der Waals surface area contributed by atoms with Gasteiger partial charge in [-0.1, -0.05) is 24.3 Å². The summed E-state index contributed by atoms with van der Waals surface area (Å²) in [6.45, 7) is 3.99. The molecule has 1 unspecified atom stereocenters. The van der Waals surface area contributed by atoms with E-state index in [0.29, 0.717) is 19.4 Å². The number of hydrogen-bond donors (Lipinski definition) is 1. The van der Waals surface area contributed by atoms with Crippen molar-refractivity contribution in [2.45, 2.75) is 18.9 Å². The molecule has 0 aliphatic heterocycles. The molecule has 0 saturated heterocycles. The normalized spacial score (nSPS) is 12.2. The average molecular weight is 273 g/mol. The van der Waals surface area contributed by atoms with E-state index in [1.54, 1.807) is 13.2 Å². The van der Waals surface area contributed by atoms with Crippen LogP contribution in [0.25, 0.3) is 11.0 Å². The molecule has 0 spiro atoms. The molecule has 0 aliphatic rings. The van der Waals surface area contributed by atoms with Crippen LogP contribution in [0.3, 0.4) is 0 Å². The van der Waals surface area contributed by atoms with Crippen LogP contribution in [0.15, 0.2) is 47.4 Å². The highest BCUT2D eigenvalue weighted by Gasteiger charge is 2.16. The van der Waals surface area contributed by atoms with Crippen molar-refractivity contribution in [3.05, 3.63) is 48.7 Å². The van der Waals surface area contributed by atoms with Crippen LogP contribution in [0.1, 0.15) is 24.7 Å². The second-order valence-electron chi connectivity index (χ2n) is 4.54. The molecule has 0 fully saturated rings. The molecule has 0 radical (unpaired) electrons. The minimum absolute atomic E-state index is 0.0111. The Morgan fingerprint density at radius 1 is 1.50 bits per heavy atom. The summed E-state index contributed by atoms with van der Waals surface area (Å²) >= 11 is 0. The van der Waals surface area contributed by atoms with Gasteiger partial charge in [0.05, 0.1) is 6.54 Å². The van der Waals surface area contributed by atoms with Gasteiger partial charge in [0.15, 0.2) is 0 Å². The van der Waals surface area contributed by atoms with Gasteiger partial charge >= 0.3 is 0 Å². The van der Waals surface area contributed by atoms with E-state index in [0.717, 1.165) is 16.7 Å². The molecule has 1 N–H and O–H groups in total. The van der Waals surface area contributed by atoms with E-state index in [9.17, 15) is 4.79 Å². The smallest absolute Gasteiger partial charge is 0.220 e. The summed E-state index contributed by atoms with van der Waals surface area (Å²) in [5, 5.41) is 3.87. The summed E-state index contributed by atoms with van der Waals surface area (Å²) in [6.07, 6.45) is 2.57. The first kappa shape index (κ1) is 14.3. The first-order chi connectivity index (χ1) is 9.74. The van der Waals surface area contributed by atoms with E-state index in [4.69, 9.17) is 9.15 Å². The zero-order valence-electron chi connectivity index (χ0n) is 11.6. The molecule has 2 rings (SSSR count). The second-order valence-corrected chi connectivity index (χ2v) is 4.54. The molecule has 4 heteroatoms. The number of fused-ring (bicyclic) bond motifs is 1. The van der Waals surface area contributed by atoms with Crippen molar-refractivity contribution in [2.75, 3.05) is 13.7 Å². The van der Waals surface area contributed by atoms with Crippen LogP contribution in [0.5, 0.6) is 0 Å². The first-order valence-electron chi connectivity index (χ1n) is 6.63. The third-order valence-electron chi connectivity index (χ3n) is 3.11. The number of carbonyl (C=O) groups is 1. The van der Waals surface area contributed by atoms with Gasteiger partial charge < -0.3 is 14.5 Å². The lowest BCUT2D eigenvalue weighted by atomic mass is 10.2. The molecule has 1 amide bonds. The van der Waals surface area contributed by atoms with Gasteiger partial charge in [0.1, 0.15) is 17.4 Å². The molecule has 0 bridgehead atoms. The summed E-state index contributed by atoms with van der Waals surface area (Å²) in [6, 6.07) is 9.72. The average Bonchev–Trinajstić information content (AvgIpc) is 2.89. The van der Waals surface area contributed by atoms with Crippen molar-refractivity contribution >= 4 is 16.9 Å². The molecule has 1 atom stereocenters. The third kappa shape index (κ3) is 3.48. The van der Waals surface area contributed by atoms with Crippen molar-refractivity contribution in [2.24, 2.45) is 0 Å². The highest BCUT2D eigenvalue weighted by Crippen LogP contribution is 2.25. The Kier molecular flexibility index (Phi) is 4.96. The van der Waals surface area contributed by atoms with Gasteiger partial charge in [0.2, 0.25) is 5.91 Å². The summed E-state index contributed by atoms with van der Waals surface area (Å²) in [4.78, 5) is 11.6. The topological polar surface area (TPSA) is 51.5 Å². The minimum atomic E-state index is -0.282. The van der Waals surface area contributed by atoms with Crippen LogP contribution in [-0.4, -0.2) is 19.6 Å². The van der Waals surface area contributed by atoms with Gasteiger partial charge in [-0.25, -0.2) is 0 Å². The number of methoxy groups -OCH3 is 1. The van der Waals surface area contributed by atoms with Crippen LogP contribution < -0.4 is 5.32 Å². The van der Waals surface area contributed by atoms with Crippen LogP contribution in [0.2, 0.25) is 0 Å². The lowest BCUT2D eigenvalue weighted by molar-refractivity contribution is -0.121. The molecule has 1 aromatic heterocycles. The van der Waals surface area contributed by atoms with Gasteiger partial charge in [-0.2, -0.15) is 0 Å². The Morgan fingerprint density at radius 3 is 3.00 bits per heavy atom. The number of allylic oxidation sites excluding steroid dienone is 1. The maximum atomic E-state index is 11.6. The summed E-state index contributed by atoms with van der Waals surface area (Å²) in [5.41, 5.74) is 0.822. The number of benzene rings is 1. The van der Waals surface area contributed by atoms with Crippen LogP contribution in [0, 0.1) is 0 Å². The maximum absolute atomic E-state index is 11.6. The fourth-order valence-corrected chi connectivity index (χ4v) is 1.99. The Hall–Kier alpha value is -2.07. The van der Waals surface area contributed by atoms with Crippen LogP contribution in [0.4, 0.5) is 0 Å². The molecule has 1 heterocycles.